The van der Waals surface area contributed by atoms with Gasteiger partial charge in [0, 0.05) is 5.92 Å². The van der Waals surface area contributed by atoms with Crippen molar-refractivity contribution >= 4 is 17.5 Å². The fourth-order valence-corrected chi connectivity index (χ4v) is 2.85. The zero-order valence-electron chi connectivity index (χ0n) is 9.42. The minimum Gasteiger partial charge on any atom is -0.298 e. The highest BCUT2D eigenvalue weighted by molar-refractivity contribution is 7.99. The largest absolute Gasteiger partial charge is 0.298 e. The number of hydrogen-bond donors (Lipinski definition) is 0. The van der Waals surface area contributed by atoms with Crippen molar-refractivity contribution in [2.75, 3.05) is 11.5 Å². The van der Waals surface area contributed by atoms with Gasteiger partial charge in [-0.25, -0.2) is 0 Å². The van der Waals surface area contributed by atoms with Crippen LogP contribution in [-0.2, 0) is 4.79 Å². The summed E-state index contributed by atoms with van der Waals surface area (Å²) in [6.45, 7) is 4.38. The molecule has 0 saturated heterocycles. The topological polar surface area (TPSA) is 17.1 Å². The normalized spacial score (nSPS) is 27.6. The van der Waals surface area contributed by atoms with Crippen molar-refractivity contribution in [1.82, 2.24) is 0 Å². The van der Waals surface area contributed by atoms with Crippen LogP contribution in [0.5, 0.6) is 0 Å². The van der Waals surface area contributed by atoms with Crippen molar-refractivity contribution < 1.29 is 4.79 Å². The third kappa shape index (κ3) is 3.64. The lowest BCUT2D eigenvalue weighted by atomic mass is 9.79. The van der Waals surface area contributed by atoms with Gasteiger partial charge < -0.3 is 0 Å². The van der Waals surface area contributed by atoms with Gasteiger partial charge in [0.1, 0.15) is 5.78 Å². The predicted molar refractivity (Wildman–Crippen MR) is 63.7 cm³/mol. The Morgan fingerprint density at radius 3 is 2.36 bits per heavy atom. The van der Waals surface area contributed by atoms with E-state index in [1.165, 1.54) is 19.3 Å². The standard InChI is InChI=1S/C12H22OS/c1-3-10-5-7-11(8-6-10)12(13)9-14-4-2/h10-11H,3-9H2,1-2H3. The van der Waals surface area contributed by atoms with Crippen LogP contribution in [0.4, 0.5) is 0 Å². The monoisotopic (exact) mass is 214 g/mol. The Labute approximate surface area is 92.0 Å². The van der Waals surface area contributed by atoms with Gasteiger partial charge in [0.15, 0.2) is 0 Å². The van der Waals surface area contributed by atoms with Gasteiger partial charge in [-0.2, -0.15) is 11.8 Å². The van der Waals surface area contributed by atoms with E-state index in [0.717, 1.165) is 30.3 Å². The zero-order chi connectivity index (χ0) is 10.4. The molecule has 0 heterocycles. The van der Waals surface area contributed by atoms with E-state index >= 15 is 0 Å². The maximum Gasteiger partial charge on any atom is 0.145 e. The summed E-state index contributed by atoms with van der Waals surface area (Å²) < 4.78 is 0. The van der Waals surface area contributed by atoms with Crippen LogP contribution in [0.15, 0.2) is 0 Å². The van der Waals surface area contributed by atoms with Gasteiger partial charge in [0.2, 0.25) is 0 Å². The van der Waals surface area contributed by atoms with Gasteiger partial charge in [0.05, 0.1) is 5.75 Å². The van der Waals surface area contributed by atoms with Gasteiger partial charge in [-0.15, -0.1) is 0 Å². The Morgan fingerprint density at radius 2 is 1.86 bits per heavy atom. The summed E-state index contributed by atoms with van der Waals surface area (Å²) in [6, 6.07) is 0. The molecular formula is C12H22OS. The van der Waals surface area contributed by atoms with Crippen molar-refractivity contribution in [3.63, 3.8) is 0 Å². The summed E-state index contributed by atoms with van der Waals surface area (Å²) in [5.41, 5.74) is 0. The highest BCUT2D eigenvalue weighted by atomic mass is 32.2. The van der Waals surface area contributed by atoms with Crippen LogP contribution in [0.2, 0.25) is 0 Å². The van der Waals surface area contributed by atoms with Crippen LogP contribution in [0.1, 0.15) is 46.0 Å². The summed E-state index contributed by atoms with van der Waals surface area (Å²) in [5, 5.41) is 0. The maximum atomic E-state index is 11.7. The lowest BCUT2D eigenvalue weighted by molar-refractivity contribution is -0.121. The highest BCUT2D eigenvalue weighted by Gasteiger charge is 2.24. The molecule has 0 atom stereocenters. The fraction of sp³-hybridized carbons (Fsp3) is 0.917. The number of hydrogen-bond acceptors (Lipinski definition) is 2. The summed E-state index contributed by atoms with van der Waals surface area (Å²) in [6.07, 6.45) is 6.17. The summed E-state index contributed by atoms with van der Waals surface area (Å²) in [7, 11) is 0. The van der Waals surface area contributed by atoms with Crippen molar-refractivity contribution in [2.45, 2.75) is 46.0 Å². The molecule has 0 radical (unpaired) electrons. The molecule has 0 bridgehead atoms. The molecule has 1 rings (SSSR count). The van der Waals surface area contributed by atoms with E-state index in [1.807, 2.05) is 0 Å². The van der Waals surface area contributed by atoms with E-state index in [0.29, 0.717) is 11.7 Å². The third-order valence-corrected chi connectivity index (χ3v) is 4.22. The summed E-state index contributed by atoms with van der Waals surface area (Å²) >= 11 is 1.77. The van der Waals surface area contributed by atoms with E-state index in [2.05, 4.69) is 13.8 Å². The first kappa shape index (κ1) is 12.1. The molecule has 0 N–H and O–H groups in total. The van der Waals surface area contributed by atoms with E-state index in [9.17, 15) is 4.79 Å². The summed E-state index contributed by atoms with van der Waals surface area (Å²) in [4.78, 5) is 11.7. The number of thioether (sulfide) groups is 1. The van der Waals surface area contributed by atoms with Gasteiger partial charge in [-0.1, -0.05) is 20.3 Å². The zero-order valence-corrected chi connectivity index (χ0v) is 10.2. The Balaban J connectivity index is 2.23. The Hall–Kier alpha value is 0.0200. The number of ketones is 1. The van der Waals surface area contributed by atoms with Crippen molar-refractivity contribution in [3.8, 4) is 0 Å². The number of carbonyl (C=O) groups excluding carboxylic acids is 1. The molecule has 1 aliphatic carbocycles. The number of Topliss-reactive ketones (excluding diaryl/α,β-unsaturated/α-hetero) is 1. The SMILES string of the molecule is CCSCC(=O)C1CCC(CC)CC1. The molecular weight excluding hydrogens is 192 g/mol. The second-order valence-corrected chi connectivity index (χ2v) is 5.50. The average Bonchev–Trinajstić information content (AvgIpc) is 2.26. The maximum absolute atomic E-state index is 11.7. The number of rotatable bonds is 5. The second-order valence-electron chi connectivity index (χ2n) is 4.23. The molecule has 14 heavy (non-hydrogen) atoms. The highest BCUT2D eigenvalue weighted by Crippen LogP contribution is 2.31. The van der Waals surface area contributed by atoms with E-state index in [-0.39, 0.29) is 0 Å². The van der Waals surface area contributed by atoms with Crippen LogP contribution in [0.25, 0.3) is 0 Å². The lowest BCUT2D eigenvalue weighted by Crippen LogP contribution is -2.23. The fourth-order valence-electron chi connectivity index (χ4n) is 2.21. The Bertz CT molecular complexity index is 171. The third-order valence-electron chi connectivity index (χ3n) is 3.33. The first-order chi connectivity index (χ1) is 6.77. The predicted octanol–water partition coefficient (Wildman–Crippen LogP) is 3.53. The van der Waals surface area contributed by atoms with Crippen LogP contribution >= 0.6 is 11.8 Å². The minimum absolute atomic E-state index is 0.400. The molecule has 2 heteroatoms. The Morgan fingerprint density at radius 1 is 1.21 bits per heavy atom. The quantitative estimate of drug-likeness (QED) is 0.696. The van der Waals surface area contributed by atoms with Crippen LogP contribution in [0, 0.1) is 11.8 Å². The average molecular weight is 214 g/mol. The summed E-state index contributed by atoms with van der Waals surface area (Å²) in [5.74, 6) is 3.62. The molecule has 0 aromatic carbocycles. The van der Waals surface area contributed by atoms with Crippen LogP contribution in [-0.4, -0.2) is 17.3 Å². The number of carbonyl (C=O) groups is 1. The van der Waals surface area contributed by atoms with Gasteiger partial charge >= 0.3 is 0 Å². The van der Waals surface area contributed by atoms with Gasteiger partial charge in [-0.05, 0) is 37.4 Å². The minimum atomic E-state index is 0.400. The molecule has 0 unspecified atom stereocenters. The molecule has 0 aromatic rings. The van der Waals surface area contributed by atoms with E-state index in [1.54, 1.807) is 11.8 Å². The smallest absolute Gasteiger partial charge is 0.145 e. The van der Waals surface area contributed by atoms with Crippen LogP contribution in [0.3, 0.4) is 0 Å². The van der Waals surface area contributed by atoms with Crippen molar-refractivity contribution in [3.05, 3.63) is 0 Å². The van der Waals surface area contributed by atoms with Crippen molar-refractivity contribution in [1.29, 1.82) is 0 Å². The molecule has 0 aliphatic heterocycles. The first-order valence-electron chi connectivity index (χ1n) is 5.88. The second kappa shape index (κ2) is 6.49. The van der Waals surface area contributed by atoms with Crippen LogP contribution < -0.4 is 0 Å². The van der Waals surface area contributed by atoms with E-state index < -0.39 is 0 Å². The molecule has 82 valence electrons. The van der Waals surface area contributed by atoms with Gasteiger partial charge in [-0.3, -0.25) is 4.79 Å². The molecule has 0 amide bonds. The molecule has 1 fully saturated rings. The molecule has 0 aromatic heterocycles. The Kier molecular flexibility index (Phi) is 5.61. The molecule has 1 nitrogen and oxygen atoms in total. The first-order valence-corrected chi connectivity index (χ1v) is 7.03. The van der Waals surface area contributed by atoms with Crippen molar-refractivity contribution in [2.24, 2.45) is 11.8 Å². The van der Waals surface area contributed by atoms with E-state index in [4.69, 9.17) is 0 Å². The lowest BCUT2D eigenvalue weighted by Gasteiger charge is -2.26. The molecule has 1 saturated carbocycles. The van der Waals surface area contributed by atoms with Gasteiger partial charge in [0.25, 0.3) is 0 Å². The molecule has 0 spiro atoms. The molecule has 1 aliphatic rings.